The van der Waals surface area contributed by atoms with Crippen LogP contribution < -0.4 is 9.75 Å². The number of ether oxygens (including phenoxy) is 1. The molecule has 1 aliphatic carbocycles. The van der Waals surface area contributed by atoms with E-state index in [1.807, 2.05) is 42.5 Å². The van der Waals surface area contributed by atoms with E-state index in [2.05, 4.69) is 47.3 Å². The molecule has 0 saturated heterocycles. The number of hydrogen-bond acceptors (Lipinski definition) is 6. The molecule has 0 saturated carbocycles. The van der Waals surface area contributed by atoms with Crippen LogP contribution in [0.4, 0.5) is 11.4 Å². The lowest BCUT2D eigenvalue weighted by Gasteiger charge is -2.41. The molecule has 2 unspecified atom stereocenters. The van der Waals surface area contributed by atoms with Crippen molar-refractivity contribution in [2.45, 2.75) is 44.6 Å². The zero-order chi connectivity index (χ0) is 24.6. The van der Waals surface area contributed by atoms with Crippen molar-refractivity contribution >= 4 is 23.6 Å². The maximum absolute atomic E-state index is 12.5. The van der Waals surface area contributed by atoms with Crippen LogP contribution in [0.15, 0.2) is 78.9 Å². The largest absolute Gasteiger partial charge is 0.425 e. The molecule has 4 rings (SSSR count). The summed E-state index contributed by atoms with van der Waals surface area (Å²) in [4.78, 5) is 24.3. The summed E-state index contributed by atoms with van der Waals surface area (Å²) in [7, 11) is 0. The van der Waals surface area contributed by atoms with Gasteiger partial charge in [0.2, 0.25) is 0 Å². The summed E-state index contributed by atoms with van der Waals surface area (Å²) in [5, 5.41) is 13.4. The minimum atomic E-state index is -0.662. The summed E-state index contributed by atoms with van der Waals surface area (Å²) in [5.74, 6) is 0.00503. The Labute approximate surface area is 206 Å². The summed E-state index contributed by atoms with van der Waals surface area (Å²) in [6.07, 6.45) is 4.42. The fourth-order valence-electron chi connectivity index (χ4n) is 5.06. The first-order valence-corrected chi connectivity index (χ1v) is 12.2. The maximum atomic E-state index is 12.5. The quantitative estimate of drug-likeness (QED) is 0.193. The molecular formula is C29H32N2O4. The zero-order valence-corrected chi connectivity index (χ0v) is 20.0. The third-order valence-corrected chi connectivity index (χ3v) is 6.59. The monoisotopic (exact) mass is 472 g/mol. The normalized spacial score (nSPS) is 15.8. The molecule has 0 aliphatic heterocycles. The number of anilines is 2. The van der Waals surface area contributed by atoms with Gasteiger partial charge in [0.05, 0.1) is 17.4 Å². The first-order chi connectivity index (χ1) is 17.2. The Kier molecular flexibility index (Phi) is 8.29. The Morgan fingerprint density at radius 2 is 1.69 bits per heavy atom. The Balaban J connectivity index is 1.65. The van der Waals surface area contributed by atoms with E-state index in [0.29, 0.717) is 18.7 Å². The molecule has 0 bridgehead atoms. The minimum Gasteiger partial charge on any atom is -0.425 e. The second kappa shape index (κ2) is 11.8. The Morgan fingerprint density at radius 3 is 2.26 bits per heavy atom. The molecule has 0 heterocycles. The number of rotatable bonds is 10. The number of aldehydes is 1. The number of hydrazine groups is 1. The van der Waals surface area contributed by atoms with Gasteiger partial charge >= 0.3 is 5.97 Å². The lowest BCUT2D eigenvalue weighted by molar-refractivity contribution is -0.137. The maximum Gasteiger partial charge on any atom is 0.337 e. The smallest absolute Gasteiger partial charge is 0.337 e. The average molecular weight is 473 g/mol. The number of benzene rings is 3. The number of fused-ring (bicyclic) bond motifs is 1. The zero-order valence-electron chi connectivity index (χ0n) is 20.0. The molecule has 35 heavy (non-hydrogen) atoms. The van der Waals surface area contributed by atoms with Crippen LogP contribution in [0.25, 0.3) is 0 Å². The molecule has 3 aromatic carbocycles. The summed E-state index contributed by atoms with van der Waals surface area (Å²) >= 11 is 0. The number of esters is 1. The molecule has 2 atom stereocenters. The van der Waals surface area contributed by atoms with Crippen molar-refractivity contribution in [2.24, 2.45) is 0 Å². The molecule has 1 N–H and O–H groups in total. The SMILES string of the molecule is CCN(C(C=O)CC1CCCc2c(OC(=O)CO)cccc21)N(c1ccccc1)c1ccccc1. The molecule has 0 radical (unpaired) electrons. The molecule has 1 aliphatic rings. The second-order valence-electron chi connectivity index (χ2n) is 8.72. The van der Waals surface area contributed by atoms with E-state index >= 15 is 0 Å². The topological polar surface area (TPSA) is 70.1 Å². The molecule has 3 aromatic rings. The number of nitrogens with zero attached hydrogens (tertiary/aromatic N) is 2. The first-order valence-electron chi connectivity index (χ1n) is 12.2. The van der Waals surface area contributed by atoms with Crippen LogP contribution in [0.5, 0.6) is 5.75 Å². The van der Waals surface area contributed by atoms with Crippen LogP contribution in [0, 0.1) is 0 Å². The van der Waals surface area contributed by atoms with Crippen LogP contribution in [-0.2, 0) is 16.0 Å². The van der Waals surface area contributed by atoms with Crippen molar-refractivity contribution < 1.29 is 19.4 Å². The summed E-state index contributed by atoms with van der Waals surface area (Å²) in [5.41, 5.74) is 4.11. The van der Waals surface area contributed by atoms with Crippen molar-refractivity contribution in [1.82, 2.24) is 5.01 Å². The van der Waals surface area contributed by atoms with E-state index in [0.717, 1.165) is 48.1 Å². The van der Waals surface area contributed by atoms with Crippen molar-refractivity contribution in [2.75, 3.05) is 18.2 Å². The summed E-state index contributed by atoms with van der Waals surface area (Å²) in [6, 6.07) is 25.6. The number of aliphatic hydroxyl groups is 1. The highest BCUT2D eigenvalue weighted by Gasteiger charge is 2.31. The van der Waals surface area contributed by atoms with Gasteiger partial charge in [0.15, 0.2) is 0 Å². The number of para-hydroxylation sites is 2. The van der Waals surface area contributed by atoms with Crippen LogP contribution in [-0.4, -0.2) is 41.6 Å². The molecule has 6 nitrogen and oxygen atoms in total. The highest BCUT2D eigenvalue weighted by molar-refractivity contribution is 5.74. The van der Waals surface area contributed by atoms with Gasteiger partial charge in [0.25, 0.3) is 0 Å². The molecule has 6 heteroatoms. The molecular weight excluding hydrogens is 440 g/mol. The van der Waals surface area contributed by atoms with Crippen LogP contribution >= 0.6 is 0 Å². The highest BCUT2D eigenvalue weighted by atomic mass is 16.5. The fourth-order valence-corrected chi connectivity index (χ4v) is 5.06. The first kappa shape index (κ1) is 24.6. The average Bonchev–Trinajstić information content (AvgIpc) is 2.91. The van der Waals surface area contributed by atoms with E-state index in [-0.39, 0.29) is 12.0 Å². The lowest BCUT2D eigenvalue weighted by atomic mass is 9.79. The third-order valence-electron chi connectivity index (χ3n) is 6.59. The minimum absolute atomic E-state index is 0.157. The van der Waals surface area contributed by atoms with Gasteiger partial charge in [-0.1, -0.05) is 55.5 Å². The summed E-state index contributed by atoms with van der Waals surface area (Å²) < 4.78 is 5.39. The van der Waals surface area contributed by atoms with Crippen molar-refractivity contribution in [3.05, 3.63) is 90.0 Å². The van der Waals surface area contributed by atoms with Gasteiger partial charge in [-0.3, -0.25) is 5.01 Å². The van der Waals surface area contributed by atoms with Gasteiger partial charge in [-0.15, -0.1) is 0 Å². The van der Waals surface area contributed by atoms with Gasteiger partial charge < -0.3 is 14.6 Å². The standard InChI is InChI=1S/C29H32N2O4/c1-2-30(31(23-12-5-3-6-13-23)24-14-7-4-8-15-24)25(20-32)19-22-11-9-17-27-26(22)16-10-18-28(27)35-29(34)21-33/h3-8,10,12-16,18,20,22,25,33H,2,9,11,17,19,21H2,1H3. The highest BCUT2D eigenvalue weighted by Crippen LogP contribution is 2.40. The van der Waals surface area contributed by atoms with Gasteiger partial charge in [0, 0.05) is 6.54 Å². The van der Waals surface area contributed by atoms with Crippen molar-refractivity contribution in [3.8, 4) is 5.75 Å². The number of hydrogen-bond donors (Lipinski definition) is 1. The number of carbonyl (C=O) groups is 2. The Morgan fingerprint density at radius 1 is 1.03 bits per heavy atom. The van der Waals surface area contributed by atoms with E-state index < -0.39 is 12.6 Å². The second-order valence-corrected chi connectivity index (χ2v) is 8.72. The van der Waals surface area contributed by atoms with E-state index in [1.165, 1.54) is 0 Å². The molecule has 0 spiro atoms. The number of aliphatic hydroxyl groups excluding tert-OH is 1. The van der Waals surface area contributed by atoms with Crippen LogP contribution in [0.3, 0.4) is 0 Å². The van der Waals surface area contributed by atoms with Gasteiger partial charge in [-0.05, 0) is 73.1 Å². The van der Waals surface area contributed by atoms with Crippen molar-refractivity contribution in [1.29, 1.82) is 0 Å². The summed E-state index contributed by atoms with van der Waals surface area (Å²) in [6.45, 7) is 2.07. The van der Waals surface area contributed by atoms with E-state index in [4.69, 9.17) is 9.84 Å². The van der Waals surface area contributed by atoms with Crippen LogP contribution in [0.2, 0.25) is 0 Å². The van der Waals surface area contributed by atoms with Crippen LogP contribution in [0.1, 0.15) is 43.2 Å². The van der Waals surface area contributed by atoms with Crippen molar-refractivity contribution in [3.63, 3.8) is 0 Å². The predicted octanol–water partition coefficient (Wildman–Crippen LogP) is 5.04. The van der Waals surface area contributed by atoms with Gasteiger partial charge in [0.1, 0.15) is 18.6 Å². The molecule has 182 valence electrons. The third kappa shape index (κ3) is 5.61. The molecule has 0 aromatic heterocycles. The molecule has 0 amide bonds. The lowest BCUT2D eigenvalue weighted by Crippen LogP contribution is -2.48. The Bertz CT molecular complexity index is 1080. The van der Waals surface area contributed by atoms with Gasteiger partial charge in [-0.2, -0.15) is 0 Å². The van der Waals surface area contributed by atoms with E-state index in [9.17, 15) is 9.59 Å². The molecule has 0 fully saturated rings. The number of carbonyl (C=O) groups excluding carboxylic acids is 2. The van der Waals surface area contributed by atoms with Gasteiger partial charge in [-0.25, -0.2) is 9.80 Å². The predicted molar refractivity (Wildman–Crippen MR) is 137 cm³/mol. The number of likely N-dealkylation sites (N-methyl/N-ethyl adjacent to an activating group) is 1. The van der Waals surface area contributed by atoms with E-state index in [1.54, 1.807) is 6.07 Å². The fraction of sp³-hybridized carbons (Fsp3) is 0.310. The Hall–Kier alpha value is -3.48.